The van der Waals surface area contributed by atoms with Gasteiger partial charge in [-0.3, -0.25) is 9.59 Å². The van der Waals surface area contributed by atoms with Crippen LogP contribution in [0.25, 0.3) is 10.2 Å². The number of nitrogens with two attached hydrogens (primary N) is 1. The lowest BCUT2D eigenvalue weighted by atomic mass is 10.2. The summed E-state index contributed by atoms with van der Waals surface area (Å²) in [4.78, 5) is 29.2. The third-order valence-electron chi connectivity index (χ3n) is 2.52. The number of thiophene rings is 1. The molecule has 0 aromatic carbocycles. The van der Waals surface area contributed by atoms with Gasteiger partial charge in [0.2, 0.25) is 5.12 Å². The predicted octanol–water partition coefficient (Wildman–Crippen LogP) is 1.65. The highest BCUT2D eigenvalue weighted by Crippen LogP contribution is 2.27. The first-order chi connectivity index (χ1) is 8.45. The average Bonchev–Trinajstić information content (AvgIpc) is 2.61. The van der Waals surface area contributed by atoms with Gasteiger partial charge in [0.1, 0.15) is 4.83 Å². The Bertz CT molecular complexity index is 692. The second kappa shape index (κ2) is 4.91. The van der Waals surface area contributed by atoms with E-state index in [9.17, 15) is 9.59 Å². The van der Waals surface area contributed by atoms with Crippen molar-refractivity contribution >= 4 is 50.0 Å². The molecule has 18 heavy (non-hydrogen) atoms. The summed E-state index contributed by atoms with van der Waals surface area (Å²) in [5.74, 6) is 5.51. The molecule has 0 atom stereocenters. The Morgan fingerprint density at radius 1 is 1.56 bits per heavy atom. The van der Waals surface area contributed by atoms with E-state index >= 15 is 0 Å². The number of carbonyl (C=O) groups is 1. The molecule has 8 heteroatoms. The lowest BCUT2D eigenvalue weighted by molar-refractivity contribution is -0.108. The Morgan fingerprint density at radius 3 is 2.83 bits per heavy atom. The van der Waals surface area contributed by atoms with Crippen molar-refractivity contribution in [3.8, 4) is 0 Å². The van der Waals surface area contributed by atoms with Crippen LogP contribution in [0.15, 0.2) is 9.95 Å². The summed E-state index contributed by atoms with van der Waals surface area (Å²) >= 11 is 7.61. The molecule has 0 aliphatic rings. The number of hydrogen-bond donors (Lipinski definition) is 1. The first-order valence-electron chi connectivity index (χ1n) is 5.00. The number of aryl methyl sites for hydroxylation is 2. The Labute approximate surface area is 116 Å². The number of fused-ring (bicyclic) bond motifs is 1. The van der Waals surface area contributed by atoms with Crippen LogP contribution in [0.1, 0.15) is 10.4 Å². The number of thioether (sulfide) groups is 1. The molecule has 5 nitrogen and oxygen atoms in total. The van der Waals surface area contributed by atoms with E-state index in [4.69, 9.17) is 17.4 Å². The molecular formula is C10H10ClN3O2S2. The molecule has 0 unspecified atom stereocenters. The molecule has 0 saturated heterocycles. The number of alkyl halides is 1. The third kappa shape index (κ3) is 2.13. The van der Waals surface area contributed by atoms with Gasteiger partial charge in [0, 0.05) is 4.88 Å². The Balaban J connectivity index is 2.68. The second-order valence-electron chi connectivity index (χ2n) is 3.64. The number of nitrogens with zero attached hydrogens (tertiary/aromatic N) is 2. The quantitative estimate of drug-likeness (QED) is 0.395. The largest absolute Gasteiger partial charge is 0.334 e. The van der Waals surface area contributed by atoms with Crippen molar-refractivity contribution < 1.29 is 4.79 Å². The monoisotopic (exact) mass is 303 g/mol. The fourth-order valence-electron chi connectivity index (χ4n) is 1.49. The molecule has 0 bridgehead atoms. The molecule has 0 saturated carbocycles. The van der Waals surface area contributed by atoms with Gasteiger partial charge in [-0.1, -0.05) is 0 Å². The zero-order valence-electron chi connectivity index (χ0n) is 9.69. The van der Waals surface area contributed by atoms with Crippen LogP contribution in [0.5, 0.6) is 0 Å². The van der Waals surface area contributed by atoms with E-state index in [-0.39, 0.29) is 21.7 Å². The summed E-state index contributed by atoms with van der Waals surface area (Å²) in [7, 11) is 0. The normalized spacial score (nSPS) is 11.1. The van der Waals surface area contributed by atoms with Gasteiger partial charge in [-0.25, -0.2) is 9.66 Å². The summed E-state index contributed by atoms with van der Waals surface area (Å²) in [6, 6.07) is 0. The fraction of sp³-hybridized carbons (Fsp3) is 0.300. The van der Waals surface area contributed by atoms with E-state index in [1.165, 1.54) is 11.3 Å². The molecule has 0 spiro atoms. The van der Waals surface area contributed by atoms with Gasteiger partial charge in [0.15, 0.2) is 5.16 Å². The van der Waals surface area contributed by atoms with Crippen molar-refractivity contribution in [3.05, 3.63) is 20.8 Å². The molecule has 2 aromatic heterocycles. The summed E-state index contributed by atoms with van der Waals surface area (Å²) in [5.41, 5.74) is 0.540. The predicted molar refractivity (Wildman–Crippen MR) is 75.1 cm³/mol. The van der Waals surface area contributed by atoms with Crippen LogP contribution in [0.2, 0.25) is 0 Å². The number of halogens is 1. The minimum atomic E-state index is -0.341. The van der Waals surface area contributed by atoms with Crippen LogP contribution in [0, 0.1) is 13.8 Å². The van der Waals surface area contributed by atoms with E-state index in [1.807, 2.05) is 13.8 Å². The standard InChI is InChI=1S/C10H10ClN3O2S2/c1-4-5(2)17-8-7(4)9(16)14(12)10(13-8)18-6(15)3-11/h3,12H2,1-2H3. The number of aromatic nitrogens is 2. The van der Waals surface area contributed by atoms with Crippen molar-refractivity contribution in [2.75, 3.05) is 11.7 Å². The number of rotatable bonds is 2. The zero-order chi connectivity index (χ0) is 13.4. The van der Waals surface area contributed by atoms with Gasteiger partial charge in [-0.15, -0.1) is 22.9 Å². The molecule has 2 rings (SSSR count). The van der Waals surface area contributed by atoms with Crippen molar-refractivity contribution in [2.45, 2.75) is 19.0 Å². The van der Waals surface area contributed by atoms with Crippen LogP contribution in [0.3, 0.4) is 0 Å². The molecule has 0 amide bonds. The van der Waals surface area contributed by atoms with E-state index in [0.29, 0.717) is 10.2 Å². The number of carbonyl (C=O) groups excluding carboxylic acids is 1. The molecule has 0 aliphatic heterocycles. The van der Waals surface area contributed by atoms with E-state index in [2.05, 4.69) is 4.98 Å². The average molecular weight is 304 g/mol. The van der Waals surface area contributed by atoms with Gasteiger partial charge in [0.25, 0.3) is 5.56 Å². The molecule has 2 N–H and O–H groups in total. The smallest absolute Gasteiger partial charge is 0.281 e. The van der Waals surface area contributed by atoms with Crippen LogP contribution >= 0.6 is 34.7 Å². The highest BCUT2D eigenvalue weighted by atomic mass is 35.5. The van der Waals surface area contributed by atoms with Crippen LogP contribution in [-0.4, -0.2) is 20.7 Å². The van der Waals surface area contributed by atoms with Gasteiger partial charge < -0.3 is 5.84 Å². The maximum atomic E-state index is 12.1. The second-order valence-corrected chi connectivity index (χ2v) is 6.14. The van der Waals surface area contributed by atoms with Gasteiger partial charge in [0.05, 0.1) is 11.3 Å². The van der Waals surface area contributed by atoms with Crippen molar-refractivity contribution in [3.63, 3.8) is 0 Å². The van der Waals surface area contributed by atoms with E-state index in [1.54, 1.807) is 0 Å². The summed E-state index contributed by atoms with van der Waals surface area (Å²) < 4.78 is 0.899. The molecule has 2 aromatic rings. The first kappa shape index (κ1) is 13.4. The van der Waals surface area contributed by atoms with Gasteiger partial charge in [-0.05, 0) is 31.2 Å². The number of nitrogen functional groups attached to an aromatic ring is 1. The summed E-state index contributed by atoms with van der Waals surface area (Å²) in [6.45, 7) is 3.77. The molecular weight excluding hydrogens is 294 g/mol. The van der Waals surface area contributed by atoms with E-state index < -0.39 is 0 Å². The van der Waals surface area contributed by atoms with Gasteiger partial charge in [-0.2, -0.15) is 0 Å². The first-order valence-corrected chi connectivity index (χ1v) is 7.17. The Morgan fingerprint density at radius 2 is 2.22 bits per heavy atom. The highest BCUT2D eigenvalue weighted by Gasteiger charge is 2.17. The number of hydrogen-bond acceptors (Lipinski definition) is 6. The third-order valence-corrected chi connectivity index (χ3v) is 4.86. The minimum Gasteiger partial charge on any atom is -0.334 e. The maximum absolute atomic E-state index is 12.1. The van der Waals surface area contributed by atoms with Crippen LogP contribution < -0.4 is 11.4 Å². The van der Waals surface area contributed by atoms with Crippen LogP contribution in [0.4, 0.5) is 0 Å². The van der Waals surface area contributed by atoms with Crippen molar-refractivity contribution in [2.24, 2.45) is 0 Å². The molecule has 2 heterocycles. The lowest BCUT2D eigenvalue weighted by Gasteiger charge is -2.04. The maximum Gasteiger partial charge on any atom is 0.281 e. The molecule has 0 aliphatic carbocycles. The lowest BCUT2D eigenvalue weighted by Crippen LogP contribution is -2.30. The zero-order valence-corrected chi connectivity index (χ0v) is 12.1. The summed E-state index contributed by atoms with van der Waals surface area (Å²) in [5, 5.41) is 0.384. The Kier molecular flexibility index (Phi) is 3.65. The van der Waals surface area contributed by atoms with Crippen LogP contribution in [-0.2, 0) is 4.79 Å². The summed E-state index contributed by atoms with van der Waals surface area (Å²) in [6.07, 6.45) is 0. The SMILES string of the molecule is Cc1sc2nc(SC(=O)CCl)n(N)c(=O)c2c1C. The topological polar surface area (TPSA) is 78.0 Å². The van der Waals surface area contributed by atoms with E-state index in [0.717, 1.165) is 26.9 Å². The Hall–Kier alpha value is -1.05. The highest BCUT2D eigenvalue weighted by molar-refractivity contribution is 8.13. The minimum absolute atomic E-state index is 0.152. The fourth-order valence-corrected chi connectivity index (χ4v) is 3.31. The molecule has 0 fully saturated rings. The molecule has 0 radical (unpaired) electrons. The van der Waals surface area contributed by atoms with Crippen molar-refractivity contribution in [1.82, 2.24) is 9.66 Å². The van der Waals surface area contributed by atoms with Gasteiger partial charge >= 0.3 is 0 Å². The van der Waals surface area contributed by atoms with Crippen molar-refractivity contribution in [1.29, 1.82) is 0 Å². The molecule has 96 valence electrons.